The summed E-state index contributed by atoms with van der Waals surface area (Å²) in [5.41, 5.74) is 14.3. The van der Waals surface area contributed by atoms with Crippen molar-refractivity contribution in [1.82, 2.24) is 10.4 Å². The molecule has 68 valence electrons. The van der Waals surface area contributed by atoms with Crippen LogP contribution in [-0.4, -0.2) is 16.3 Å². The van der Waals surface area contributed by atoms with Gasteiger partial charge in [-0.3, -0.25) is 10.4 Å². The summed E-state index contributed by atoms with van der Waals surface area (Å²) >= 11 is 4.55. The molecule has 5 nitrogen and oxygen atoms in total. The van der Waals surface area contributed by atoms with Gasteiger partial charge >= 0.3 is 0 Å². The largest absolute Gasteiger partial charge is 0.397 e. The molecule has 0 unspecified atom stereocenters. The van der Waals surface area contributed by atoms with Crippen molar-refractivity contribution in [3.8, 4) is 0 Å². The lowest BCUT2D eigenvalue weighted by Gasteiger charge is -1.97. The van der Waals surface area contributed by atoms with Gasteiger partial charge in [0.15, 0.2) is 5.11 Å². The zero-order valence-corrected chi connectivity index (χ0v) is 7.58. The zero-order valence-electron chi connectivity index (χ0n) is 6.77. The highest BCUT2D eigenvalue weighted by Crippen LogP contribution is 2.02. The van der Waals surface area contributed by atoms with E-state index < -0.39 is 0 Å². The van der Waals surface area contributed by atoms with Crippen LogP contribution in [0.15, 0.2) is 23.4 Å². The number of rotatable bonds is 2. The quantitative estimate of drug-likeness (QED) is 0.346. The first-order valence-corrected chi connectivity index (χ1v) is 3.90. The van der Waals surface area contributed by atoms with Crippen molar-refractivity contribution in [1.29, 1.82) is 0 Å². The molecule has 0 atom stereocenters. The number of anilines is 1. The minimum Gasteiger partial charge on any atom is -0.397 e. The van der Waals surface area contributed by atoms with Gasteiger partial charge in [-0.25, -0.2) is 0 Å². The molecular weight excluding hydrogens is 186 g/mol. The molecule has 13 heavy (non-hydrogen) atoms. The topological polar surface area (TPSA) is 89.3 Å². The third kappa shape index (κ3) is 3.04. The van der Waals surface area contributed by atoms with Crippen molar-refractivity contribution < 1.29 is 0 Å². The van der Waals surface area contributed by atoms with E-state index in [0.29, 0.717) is 11.4 Å². The fraction of sp³-hybridized carbons (Fsp3) is 0. The third-order valence-electron chi connectivity index (χ3n) is 1.23. The summed E-state index contributed by atoms with van der Waals surface area (Å²) < 4.78 is 0. The van der Waals surface area contributed by atoms with Gasteiger partial charge in [0, 0.05) is 6.20 Å². The number of thiocarbonyl (C=S) groups is 1. The Bertz CT molecular complexity index is 335. The SMILES string of the molecule is NC(=S)NN=Cc1ncccc1N. The van der Waals surface area contributed by atoms with Gasteiger partial charge in [-0.1, -0.05) is 0 Å². The summed E-state index contributed by atoms with van der Waals surface area (Å²) in [4.78, 5) is 3.98. The Kier molecular flexibility index (Phi) is 3.15. The fourth-order valence-corrected chi connectivity index (χ4v) is 0.748. The Labute approximate surface area is 80.8 Å². The van der Waals surface area contributed by atoms with Gasteiger partial charge in [0.1, 0.15) is 5.69 Å². The Morgan fingerprint density at radius 2 is 2.46 bits per heavy atom. The number of hydrazone groups is 1. The van der Waals surface area contributed by atoms with Crippen molar-refractivity contribution in [2.24, 2.45) is 10.8 Å². The molecule has 6 heteroatoms. The van der Waals surface area contributed by atoms with Gasteiger partial charge in [-0.15, -0.1) is 0 Å². The van der Waals surface area contributed by atoms with Gasteiger partial charge in [-0.2, -0.15) is 5.10 Å². The standard InChI is InChI=1S/C7H9N5S/c8-5-2-1-3-10-6(5)4-11-12-7(9)13/h1-4H,8H2,(H3,9,12,13). The first-order chi connectivity index (χ1) is 6.20. The summed E-state index contributed by atoms with van der Waals surface area (Å²) in [5, 5.41) is 3.82. The molecule has 0 spiro atoms. The average molecular weight is 195 g/mol. The summed E-state index contributed by atoms with van der Waals surface area (Å²) in [5.74, 6) is 0. The number of aromatic nitrogens is 1. The summed E-state index contributed by atoms with van der Waals surface area (Å²) in [6.45, 7) is 0. The molecule has 1 aromatic rings. The first kappa shape index (κ1) is 9.40. The molecule has 0 fully saturated rings. The lowest BCUT2D eigenvalue weighted by atomic mass is 10.3. The van der Waals surface area contributed by atoms with E-state index in [1.807, 2.05) is 0 Å². The molecule has 0 aromatic carbocycles. The van der Waals surface area contributed by atoms with Gasteiger partial charge in [0.25, 0.3) is 0 Å². The molecule has 1 rings (SSSR count). The lowest BCUT2D eigenvalue weighted by Crippen LogP contribution is -2.24. The number of nitrogens with two attached hydrogens (primary N) is 2. The molecule has 0 amide bonds. The maximum atomic E-state index is 5.59. The smallest absolute Gasteiger partial charge is 0.184 e. The highest BCUT2D eigenvalue weighted by atomic mass is 32.1. The van der Waals surface area contributed by atoms with Crippen molar-refractivity contribution in [3.05, 3.63) is 24.0 Å². The van der Waals surface area contributed by atoms with Crippen molar-refractivity contribution in [2.45, 2.75) is 0 Å². The van der Waals surface area contributed by atoms with Crippen LogP contribution in [0.3, 0.4) is 0 Å². The van der Waals surface area contributed by atoms with Crippen LogP contribution < -0.4 is 16.9 Å². The van der Waals surface area contributed by atoms with Crippen LogP contribution in [0, 0.1) is 0 Å². The van der Waals surface area contributed by atoms with Crippen molar-refractivity contribution >= 4 is 29.2 Å². The molecule has 5 N–H and O–H groups in total. The highest BCUT2D eigenvalue weighted by molar-refractivity contribution is 7.80. The summed E-state index contributed by atoms with van der Waals surface area (Å²) in [7, 11) is 0. The number of nitrogen functional groups attached to an aromatic ring is 1. The second-order valence-electron chi connectivity index (χ2n) is 2.21. The van der Waals surface area contributed by atoms with Crippen LogP contribution in [0.25, 0.3) is 0 Å². The Morgan fingerprint density at radius 1 is 1.69 bits per heavy atom. The van der Waals surface area contributed by atoms with E-state index in [1.165, 1.54) is 6.21 Å². The van der Waals surface area contributed by atoms with Gasteiger partial charge in [0.05, 0.1) is 11.9 Å². The van der Waals surface area contributed by atoms with Crippen LogP contribution in [0.4, 0.5) is 5.69 Å². The predicted octanol–water partition coefficient (Wildman–Crippen LogP) is -0.169. The average Bonchev–Trinajstić information content (AvgIpc) is 2.08. The van der Waals surface area contributed by atoms with Crippen LogP contribution in [-0.2, 0) is 0 Å². The molecule has 0 saturated carbocycles. The molecule has 0 aliphatic carbocycles. The molecule has 0 aliphatic heterocycles. The number of pyridine rings is 1. The van der Waals surface area contributed by atoms with Crippen molar-refractivity contribution in [2.75, 3.05) is 5.73 Å². The second-order valence-corrected chi connectivity index (χ2v) is 2.65. The van der Waals surface area contributed by atoms with Crippen LogP contribution >= 0.6 is 12.2 Å². The maximum absolute atomic E-state index is 5.59. The molecule has 0 saturated heterocycles. The highest BCUT2D eigenvalue weighted by Gasteiger charge is 1.93. The minimum absolute atomic E-state index is 0.103. The van der Waals surface area contributed by atoms with E-state index in [-0.39, 0.29) is 5.11 Å². The number of nitrogens with one attached hydrogen (secondary N) is 1. The monoisotopic (exact) mass is 195 g/mol. The van der Waals surface area contributed by atoms with E-state index in [9.17, 15) is 0 Å². The summed E-state index contributed by atoms with van der Waals surface area (Å²) in [6, 6.07) is 3.47. The van der Waals surface area contributed by atoms with Crippen LogP contribution in [0.2, 0.25) is 0 Å². The maximum Gasteiger partial charge on any atom is 0.184 e. The normalized spacial score (nSPS) is 10.2. The van der Waals surface area contributed by atoms with E-state index in [1.54, 1.807) is 18.3 Å². The summed E-state index contributed by atoms with van der Waals surface area (Å²) in [6.07, 6.45) is 3.08. The number of hydrogen-bond donors (Lipinski definition) is 3. The predicted molar refractivity (Wildman–Crippen MR) is 56.2 cm³/mol. The molecule has 0 aliphatic rings. The van der Waals surface area contributed by atoms with Gasteiger partial charge in [-0.05, 0) is 24.4 Å². The zero-order chi connectivity index (χ0) is 9.68. The van der Waals surface area contributed by atoms with Gasteiger partial charge in [0.2, 0.25) is 0 Å². The molecule has 0 radical (unpaired) electrons. The van der Waals surface area contributed by atoms with E-state index >= 15 is 0 Å². The first-order valence-electron chi connectivity index (χ1n) is 3.49. The van der Waals surface area contributed by atoms with Crippen LogP contribution in [0.1, 0.15) is 5.69 Å². The second kappa shape index (κ2) is 4.36. The van der Waals surface area contributed by atoms with Crippen LogP contribution in [0.5, 0.6) is 0 Å². The molecule has 0 bridgehead atoms. The van der Waals surface area contributed by atoms with E-state index in [0.717, 1.165) is 0 Å². The third-order valence-corrected chi connectivity index (χ3v) is 1.32. The lowest BCUT2D eigenvalue weighted by molar-refractivity contribution is 1.04. The Balaban J connectivity index is 2.68. The number of hydrogen-bond acceptors (Lipinski definition) is 4. The van der Waals surface area contributed by atoms with E-state index in [2.05, 4.69) is 27.7 Å². The Hall–Kier alpha value is -1.69. The molecule has 1 heterocycles. The van der Waals surface area contributed by atoms with Gasteiger partial charge < -0.3 is 11.5 Å². The molecule has 1 aromatic heterocycles. The fourth-order valence-electron chi connectivity index (χ4n) is 0.695. The van der Waals surface area contributed by atoms with E-state index in [4.69, 9.17) is 11.5 Å². The van der Waals surface area contributed by atoms with Crippen molar-refractivity contribution in [3.63, 3.8) is 0 Å². The Morgan fingerprint density at radius 3 is 3.08 bits per heavy atom. The number of nitrogens with zero attached hydrogens (tertiary/aromatic N) is 2. The minimum atomic E-state index is 0.103. The molecular formula is C7H9N5S.